The Balaban J connectivity index is 1.85. The minimum absolute atomic E-state index is 0.305. The summed E-state index contributed by atoms with van der Waals surface area (Å²) in [5, 5.41) is 6.14. The molecule has 0 spiro atoms. The number of nitrogens with zero attached hydrogens (tertiary/aromatic N) is 1. The van der Waals surface area contributed by atoms with Gasteiger partial charge in [0.1, 0.15) is 0 Å². The van der Waals surface area contributed by atoms with Crippen molar-refractivity contribution in [2.24, 2.45) is 0 Å². The van der Waals surface area contributed by atoms with Gasteiger partial charge in [-0.3, -0.25) is 0 Å². The molecule has 4 rings (SSSR count). The van der Waals surface area contributed by atoms with Gasteiger partial charge in [0.25, 0.3) is 0 Å². The molecular weight excluding hydrogens is 412 g/mol. The summed E-state index contributed by atoms with van der Waals surface area (Å²) >= 11 is 0. The standard InChI is InChI=1S/C32H34N2/c1-7-11-16-30-22(5)28(23(6)33-30)20-24(9-3)25-18-19-32-29(21-25)27-15-12-13-17-31(27)34(32)26(10-4)14-8-2/h7-10,12-15,17-21,23,33H,1-2,4,11,16H2,3,5-6H3/b24-9+,26-14+,28-20-. The van der Waals surface area contributed by atoms with Crippen LogP contribution in [0.4, 0.5) is 0 Å². The van der Waals surface area contributed by atoms with Crippen molar-refractivity contribution in [2.45, 2.75) is 39.7 Å². The summed E-state index contributed by atoms with van der Waals surface area (Å²) in [6, 6.07) is 15.6. The van der Waals surface area contributed by atoms with Crippen molar-refractivity contribution in [1.29, 1.82) is 0 Å². The van der Waals surface area contributed by atoms with Crippen molar-refractivity contribution in [3.8, 4) is 0 Å². The number of allylic oxidation sites excluding steroid dienone is 9. The highest BCUT2D eigenvalue weighted by Crippen LogP contribution is 2.35. The molecule has 1 N–H and O–H groups in total. The van der Waals surface area contributed by atoms with Crippen LogP contribution in [0.15, 0.2) is 116 Å². The van der Waals surface area contributed by atoms with E-state index in [0.717, 1.165) is 18.5 Å². The maximum atomic E-state index is 4.04. The molecule has 1 aliphatic heterocycles. The predicted octanol–water partition coefficient (Wildman–Crippen LogP) is 8.57. The van der Waals surface area contributed by atoms with Crippen molar-refractivity contribution in [3.63, 3.8) is 0 Å². The Morgan fingerprint density at radius 2 is 1.82 bits per heavy atom. The second kappa shape index (κ2) is 10.0. The van der Waals surface area contributed by atoms with Gasteiger partial charge in [-0.25, -0.2) is 0 Å². The zero-order chi connectivity index (χ0) is 24.2. The molecule has 1 aromatic heterocycles. The Morgan fingerprint density at radius 1 is 1.06 bits per heavy atom. The number of aromatic nitrogens is 1. The SMILES string of the molecule is C=C/C=C(\C=C)n1c2ccccc2c2cc(C(/C=C3/C(C)=C(CCC=C)NC3C)=C/C)ccc21. The van der Waals surface area contributed by atoms with Crippen LogP contribution in [0.2, 0.25) is 0 Å². The first kappa shape index (κ1) is 23.4. The Hall–Kier alpha value is -3.78. The van der Waals surface area contributed by atoms with Gasteiger partial charge in [0.15, 0.2) is 0 Å². The van der Waals surface area contributed by atoms with Gasteiger partial charge in [-0.1, -0.05) is 55.7 Å². The molecular formula is C32H34N2. The van der Waals surface area contributed by atoms with Crippen LogP contribution in [-0.2, 0) is 0 Å². The first-order chi connectivity index (χ1) is 16.5. The van der Waals surface area contributed by atoms with Crippen LogP contribution in [0, 0.1) is 0 Å². The van der Waals surface area contributed by atoms with Crippen LogP contribution in [0.3, 0.4) is 0 Å². The third kappa shape index (κ3) is 4.12. The molecule has 1 atom stereocenters. The van der Waals surface area contributed by atoms with Gasteiger partial charge < -0.3 is 9.88 Å². The minimum Gasteiger partial charge on any atom is -0.382 e. The Bertz CT molecular complexity index is 1400. The summed E-state index contributed by atoms with van der Waals surface area (Å²) in [5.74, 6) is 0. The lowest BCUT2D eigenvalue weighted by atomic mass is 9.96. The van der Waals surface area contributed by atoms with E-state index in [-0.39, 0.29) is 0 Å². The van der Waals surface area contributed by atoms with Crippen LogP contribution in [-0.4, -0.2) is 10.6 Å². The fourth-order valence-electron chi connectivity index (χ4n) is 4.97. The normalized spacial score (nSPS) is 18.1. The molecule has 3 aromatic rings. The van der Waals surface area contributed by atoms with E-state index in [0.29, 0.717) is 6.04 Å². The molecule has 0 saturated heterocycles. The van der Waals surface area contributed by atoms with Crippen LogP contribution < -0.4 is 5.32 Å². The quantitative estimate of drug-likeness (QED) is 0.271. The van der Waals surface area contributed by atoms with E-state index >= 15 is 0 Å². The van der Waals surface area contributed by atoms with Crippen LogP contribution >= 0.6 is 0 Å². The van der Waals surface area contributed by atoms with Crippen molar-refractivity contribution < 1.29 is 0 Å². The first-order valence-electron chi connectivity index (χ1n) is 12.0. The Kier molecular flexibility index (Phi) is 6.88. The number of rotatable bonds is 8. The van der Waals surface area contributed by atoms with E-state index in [1.807, 2.05) is 24.3 Å². The number of hydrogen-bond acceptors (Lipinski definition) is 1. The average molecular weight is 447 g/mol. The molecule has 1 unspecified atom stereocenters. The molecule has 0 radical (unpaired) electrons. The van der Waals surface area contributed by atoms with E-state index in [4.69, 9.17) is 0 Å². The number of hydrogen-bond donors (Lipinski definition) is 1. The molecule has 0 bridgehead atoms. The maximum Gasteiger partial charge on any atom is 0.0541 e. The summed E-state index contributed by atoms with van der Waals surface area (Å²) in [4.78, 5) is 0. The molecule has 0 saturated carbocycles. The second-order valence-electron chi connectivity index (χ2n) is 8.76. The second-order valence-corrected chi connectivity index (χ2v) is 8.76. The van der Waals surface area contributed by atoms with Crippen molar-refractivity contribution >= 4 is 33.1 Å². The largest absolute Gasteiger partial charge is 0.382 e. The van der Waals surface area contributed by atoms with Crippen molar-refractivity contribution in [3.05, 3.63) is 121 Å². The zero-order valence-corrected chi connectivity index (χ0v) is 20.6. The van der Waals surface area contributed by atoms with Crippen LogP contribution in [0.5, 0.6) is 0 Å². The van der Waals surface area contributed by atoms with Crippen LogP contribution in [0.1, 0.15) is 39.2 Å². The molecule has 2 heterocycles. The molecule has 1 aliphatic rings. The highest BCUT2D eigenvalue weighted by molar-refractivity contribution is 6.11. The number of fused-ring (bicyclic) bond motifs is 3. The molecule has 0 aliphatic carbocycles. The average Bonchev–Trinajstić information content (AvgIpc) is 3.32. The third-order valence-electron chi connectivity index (χ3n) is 6.73. The lowest BCUT2D eigenvalue weighted by Gasteiger charge is -2.11. The molecule has 2 heteroatoms. The predicted molar refractivity (Wildman–Crippen MR) is 151 cm³/mol. The van der Waals surface area contributed by atoms with Crippen molar-refractivity contribution in [1.82, 2.24) is 9.88 Å². The molecule has 172 valence electrons. The van der Waals surface area contributed by atoms with Gasteiger partial charge in [0.2, 0.25) is 0 Å². The Morgan fingerprint density at radius 3 is 2.53 bits per heavy atom. The zero-order valence-electron chi connectivity index (χ0n) is 20.6. The summed E-state index contributed by atoms with van der Waals surface area (Å²) in [6.07, 6.45) is 14.2. The highest BCUT2D eigenvalue weighted by atomic mass is 15.0. The number of nitrogens with one attached hydrogen (secondary N) is 1. The Labute approximate surface area is 203 Å². The molecule has 0 fully saturated rings. The van der Waals surface area contributed by atoms with Crippen molar-refractivity contribution in [2.75, 3.05) is 0 Å². The summed E-state index contributed by atoms with van der Waals surface area (Å²) < 4.78 is 2.26. The maximum absolute atomic E-state index is 4.04. The summed E-state index contributed by atoms with van der Waals surface area (Å²) in [7, 11) is 0. The van der Waals surface area contributed by atoms with E-state index in [2.05, 4.69) is 105 Å². The number of para-hydroxylation sites is 1. The minimum atomic E-state index is 0.305. The lowest BCUT2D eigenvalue weighted by Crippen LogP contribution is -2.20. The van der Waals surface area contributed by atoms with Gasteiger partial charge in [-0.2, -0.15) is 0 Å². The fraction of sp³-hybridized carbons (Fsp3) is 0.188. The van der Waals surface area contributed by atoms with E-state index in [1.165, 1.54) is 49.8 Å². The smallest absolute Gasteiger partial charge is 0.0541 e. The summed E-state index contributed by atoms with van der Waals surface area (Å²) in [5.41, 5.74) is 9.85. The molecule has 2 aromatic carbocycles. The lowest BCUT2D eigenvalue weighted by molar-refractivity contribution is 0.712. The topological polar surface area (TPSA) is 17.0 Å². The fourth-order valence-corrected chi connectivity index (χ4v) is 4.97. The summed E-state index contributed by atoms with van der Waals surface area (Å²) in [6.45, 7) is 18.4. The van der Waals surface area contributed by atoms with Gasteiger partial charge in [0, 0.05) is 28.2 Å². The van der Waals surface area contributed by atoms with E-state index in [1.54, 1.807) is 0 Å². The van der Waals surface area contributed by atoms with Gasteiger partial charge in [-0.05, 0) is 92.3 Å². The van der Waals surface area contributed by atoms with Gasteiger partial charge in [0.05, 0.1) is 11.0 Å². The molecule has 0 amide bonds. The van der Waals surface area contributed by atoms with Gasteiger partial charge in [-0.15, -0.1) is 6.58 Å². The molecule has 2 nitrogen and oxygen atoms in total. The van der Waals surface area contributed by atoms with Crippen LogP contribution in [0.25, 0.3) is 33.1 Å². The van der Waals surface area contributed by atoms with E-state index < -0.39 is 0 Å². The highest BCUT2D eigenvalue weighted by Gasteiger charge is 2.22. The molecule has 34 heavy (non-hydrogen) atoms. The first-order valence-corrected chi connectivity index (χ1v) is 12.0. The third-order valence-corrected chi connectivity index (χ3v) is 6.73. The number of benzene rings is 2. The van der Waals surface area contributed by atoms with Gasteiger partial charge >= 0.3 is 0 Å². The van der Waals surface area contributed by atoms with E-state index in [9.17, 15) is 0 Å². The monoisotopic (exact) mass is 446 g/mol.